The number of nitrogens with zero attached hydrogens (tertiary/aromatic N) is 2. The van der Waals surface area contributed by atoms with Crippen LogP contribution in [0.15, 0.2) is 24.3 Å². The van der Waals surface area contributed by atoms with Gasteiger partial charge in [0.1, 0.15) is 5.82 Å². The fourth-order valence-corrected chi connectivity index (χ4v) is 3.61. The number of imidazole rings is 1. The van der Waals surface area contributed by atoms with E-state index in [4.69, 9.17) is 4.98 Å². The summed E-state index contributed by atoms with van der Waals surface area (Å²) in [5.41, 5.74) is 6.32. The Labute approximate surface area is 139 Å². The molecule has 124 valence electrons. The SMILES string of the molecule is C=C(CC1CCCCN1)Cn1c(CC)nc2cc(C)c(C)cc21. The van der Waals surface area contributed by atoms with Crippen LogP contribution in [0.5, 0.6) is 0 Å². The van der Waals surface area contributed by atoms with Crippen molar-refractivity contribution in [2.24, 2.45) is 0 Å². The van der Waals surface area contributed by atoms with Gasteiger partial charge in [-0.15, -0.1) is 0 Å². The normalized spacial score (nSPS) is 18.5. The van der Waals surface area contributed by atoms with E-state index in [-0.39, 0.29) is 0 Å². The zero-order chi connectivity index (χ0) is 16.4. The van der Waals surface area contributed by atoms with E-state index in [1.54, 1.807) is 0 Å². The summed E-state index contributed by atoms with van der Waals surface area (Å²) in [6, 6.07) is 5.11. The fraction of sp³-hybridized carbons (Fsp3) is 0.550. The van der Waals surface area contributed by atoms with Gasteiger partial charge in [0.05, 0.1) is 11.0 Å². The van der Waals surface area contributed by atoms with Gasteiger partial charge < -0.3 is 9.88 Å². The molecule has 1 aliphatic heterocycles. The highest BCUT2D eigenvalue weighted by Gasteiger charge is 2.16. The number of benzene rings is 1. The standard InChI is InChI=1S/C20H29N3/c1-5-20-22-18-11-15(3)16(4)12-19(18)23(20)13-14(2)10-17-8-6-7-9-21-17/h11-12,17,21H,2,5-10,13H2,1,3-4H3. The number of nitrogens with one attached hydrogen (secondary N) is 1. The maximum Gasteiger partial charge on any atom is 0.109 e. The molecule has 2 heterocycles. The Hall–Kier alpha value is -1.61. The molecule has 1 fully saturated rings. The maximum atomic E-state index is 4.84. The van der Waals surface area contributed by atoms with Crippen LogP contribution in [-0.2, 0) is 13.0 Å². The van der Waals surface area contributed by atoms with E-state index in [9.17, 15) is 0 Å². The molecule has 1 N–H and O–H groups in total. The molecule has 1 saturated heterocycles. The van der Waals surface area contributed by atoms with Gasteiger partial charge in [-0.05, 0) is 62.9 Å². The fourth-order valence-electron chi connectivity index (χ4n) is 3.61. The molecule has 0 saturated carbocycles. The number of hydrogen-bond donors (Lipinski definition) is 1. The molecule has 3 heteroatoms. The van der Waals surface area contributed by atoms with Crippen LogP contribution in [0.2, 0.25) is 0 Å². The Balaban J connectivity index is 1.83. The monoisotopic (exact) mass is 311 g/mol. The second-order valence-electron chi connectivity index (χ2n) is 6.99. The van der Waals surface area contributed by atoms with Crippen LogP contribution in [0.3, 0.4) is 0 Å². The zero-order valence-electron chi connectivity index (χ0n) is 14.8. The Bertz CT molecular complexity index is 705. The summed E-state index contributed by atoms with van der Waals surface area (Å²) in [5.74, 6) is 1.17. The molecule has 1 aromatic carbocycles. The van der Waals surface area contributed by atoms with Gasteiger partial charge in [0.25, 0.3) is 0 Å². The third kappa shape index (κ3) is 3.50. The van der Waals surface area contributed by atoms with Gasteiger partial charge in [-0.3, -0.25) is 0 Å². The van der Waals surface area contributed by atoms with E-state index in [1.165, 1.54) is 47.3 Å². The third-order valence-corrected chi connectivity index (χ3v) is 5.09. The van der Waals surface area contributed by atoms with Gasteiger partial charge in [0, 0.05) is 19.0 Å². The van der Waals surface area contributed by atoms with E-state index in [1.807, 2.05) is 0 Å². The van der Waals surface area contributed by atoms with Crippen molar-refractivity contribution < 1.29 is 0 Å². The smallest absolute Gasteiger partial charge is 0.109 e. The van der Waals surface area contributed by atoms with Gasteiger partial charge in [-0.25, -0.2) is 4.98 Å². The maximum absolute atomic E-state index is 4.84. The lowest BCUT2D eigenvalue weighted by molar-refractivity contribution is 0.395. The largest absolute Gasteiger partial charge is 0.324 e. The second kappa shape index (κ2) is 6.88. The average Bonchev–Trinajstić information content (AvgIpc) is 2.86. The molecular weight excluding hydrogens is 282 g/mol. The highest BCUT2D eigenvalue weighted by molar-refractivity contribution is 5.78. The van der Waals surface area contributed by atoms with Crippen LogP contribution in [0.4, 0.5) is 0 Å². The van der Waals surface area contributed by atoms with Crippen molar-refractivity contribution in [3.05, 3.63) is 41.2 Å². The number of rotatable bonds is 5. The molecule has 0 bridgehead atoms. The zero-order valence-corrected chi connectivity index (χ0v) is 14.8. The first-order chi connectivity index (χ1) is 11.1. The van der Waals surface area contributed by atoms with Crippen LogP contribution >= 0.6 is 0 Å². The number of aromatic nitrogens is 2. The minimum absolute atomic E-state index is 0.611. The molecule has 0 aliphatic carbocycles. The van der Waals surface area contributed by atoms with Crippen molar-refractivity contribution in [2.75, 3.05) is 6.54 Å². The summed E-state index contributed by atoms with van der Waals surface area (Å²) in [7, 11) is 0. The summed E-state index contributed by atoms with van der Waals surface area (Å²) in [6.45, 7) is 12.9. The van der Waals surface area contributed by atoms with Crippen LogP contribution in [0.1, 0.15) is 49.6 Å². The molecule has 1 aliphatic rings. The van der Waals surface area contributed by atoms with E-state index >= 15 is 0 Å². The van der Waals surface area contributed by atoms with Gasteiger partial charge in [0.2, 0.25) is 0 Å². The molecule has 23 heavy (non-hydrogen) atoms. The Morgan fingerprint density at radius 1 is 1.30 bits per heavy atom. The lowest BCUT2D eigenvalue weighted by atomic mass is 9.98. The van der Waals surface area contributed by atoms with E-state index < -0.39 is 0 Å². The van der Waals surface area contributed by atoms with E-state index in [2.05, 4.69) is 49.4 Å². The number of hydrogen-bond acceptors (Lipinski definition) is 2. The van der Waals surface area contributed by atoms with Crippen molar-refractivity contribution in [3.8, 4) is 0 Å². The van der Waals surface area contributed by atoms with Crippen LogP contribution in [0.25, 0.3) is 11.0 Å². The van der Waals surface area contributed by atoms with Crippen LogP contribution < -0.4 is 5.32 Å². The molecule has 0 radical (unpaired) electrons. The molecule has 2 aromatic rings. The molecule has 1 unspecified atom stereocenters. The Morgan fingerprint density at radius 2 is 2.09 bits per heavy atom. The third-order valence-electron chi connectivity index (χ3n) is 5.09. The minimum Gasteiger partial charge on any atom is -0.324 e. The molecule has 3 nitrogen and oxygen atoms in total. The summed E-state index contributed by atoms with van der Waals surface area (Å²) >= 11 is 0. The highest BCUT2D eigenvalue weighted by Crippen LogP contribution is 2.23. The van der Waals surface area contributed by atoms with E-state index in [0.29, 0.717) is 6.04 Å². The first-order valence-corrected chi connectivity index (χ1v) is 8.95. The number of aryl methyl sites for hydroxylation is 3. The van der Waals surface area contributed by atoms with Gasteiger partial charge >= 0.3 is 0 Å². The van der Waals surface area contributed by atoms with Gasteiger partial charge in [0.15, 0.2) is 0 Å². The first kappa shape index (κ1) is 16.3. The van der Waals surface area contributed by atoms with E-state index in [0.717, 1.165) is 31.4 Å². The van der Waals surface area contributed by atoms with Crippen molar-refractivity contribution >= 4 is 11.0 Å². The summed E-state index contributed by atoms with van der Waals surface area (Å²) in [4.78, 5) is 4.84. The van der Waals surface area contributed by atoms with Gasteiger partial charge in [-0.1, -0.05) is 25.5 Å². The van der Waals surface area contributed by atoms with Crippen LogP contribution in [0, 0.1) is 13.8 Å². The molecule has 1 aromatic heterocycles. The number of fused-ring (bicyclic) bond motifs is 1. The predicted molar refractivity (Wildman–Crippen MR) is 98.0 cm³/mol. The molecule has 0 amide bonds. The second-order valence-corrected chi connectivity index (χ2v) is 6.99. The molecule has 0 spiro atoms. The lowest BCUT2D eigenvalue weighted by Crippen LogP contribution is -2.34. The topological polar surface area (TPSA) is 29.9 Å². The van der Waals surface area contributed by atoms with Crippen molar-refractivity contribution in [1.82, 2.24) is 14.9 Å². The molecule has 3 rings (SSSR count). The van der Waals surface area contributed by atoms with Gasteiger partial charge in [-0.2, -0.15) is 0 Å². The van der Waals surface area contributed by atoms with Crippen LogP contribution in [-0.4, -0.2) is 22.1 Å². The average molecular weight is 311 g/mol. The first-order valence-electron chi connectivity index (χ1n) is 8.95. The predicted octanol–water partition coefficient (Wildman–Crippen LogP) is 4.30. The minimum atomic E-state index is 0.611. The molecule has 1 atom stereocenters. The molecular formula is C20H29N3. The summed E-state index contributed by atoms with van der Waals surface area (Å²) in [5, 5.41) is 3.63. The summed E-state index contributed by atoms with van der Waals surface area (Å²) < 4.78 is 2.37. The Morgan fingerprint density at radius 3 is 2.78 bits per heavy atom. The summed E-state index contributed by atoms with van der Waals surface area (Å²) in [6.07, 6.45) is 5.98. The lowest BCUT2D eigenvalue weighted by Gasteiger charge is -2.24. The van der Waals surface area contributed by atoms with Crippen molar-refractivity contribution in [1.29, 1.82) is 0 Å². The highest BCUT2D eigenvalue weighted by atomic mass is 15.1. The van der Waals surface area contributed by atoms with Crippen molar-refractivity contribution in [2.45, 2.75) is 65.5 Å². The quantitative estimate of drug-likeness (QED) is 0.834. The van der Waals surface area contributed by atoms with Crippen molar-refractivity contribution in [3.63, 3.8) is 0 Å². The Kier molecular flexibility index (Phi) is 4.86. The number of piperidine rings is 1.